The van der Waals surface area contributed by atoms with Crippen LogP contribution < -0.4 is 21.7 Å². The number of amides is 2. The molecule has 210 valence electrons. The van der Waals surface area contributed by atoms with Crippen LogP contribution in [0.4, 0.5) is 0 Å². The van der Waals surface area contributed by atoms with Crippen molar-refractivity contribution in [3.05, 3.63) is 88.6 Å². The molecule has 2 unspecified atom stereocenters. The summed E-state index contributed by atoms with van der Waals surface area (Å²) in [7, 11) is 3.44. The van der Waals surface area contributed by atoms with Crippen LogP contribution in [0.25, 0.3) is 5.70 Å². The Balaban J connectivity index is 1.75. The van der Waals surface area contributed by atoms with Gasteiger partial charge in [-0.3, -0.25) is 9.59 Å². The van der Waals surface area contributed by atoms with Crippen LogP contribution in [0.1, 0.15) is 64.4 Å². The van der Waals surface area contributed by atoms with E-state index in [1.54, 1.807) is 13.1 Å². The van der Waals surface area contributed by atoms with Crippen LogP contribution in [-0.2, 0) is 23.1 Å². The second kappa shape index (κ2) is 12.0. The van der Waals surface area contributed by atoms with E-state index in [1.165, 1.54) is 0 Å². The first-order chi connectivity index (χ1) is 19.2. The maximum Gasteiger partial charge on any atom is 0.251 e. The molecule has 1 fully saturated rings. The number of benzene rings is 2. The molecule has 2 amide bonds. The van der Waals surface area contributed by atoms with Crippen molar-refractivity contribution in [3.8, 4) is 6.07 Å². The zero-order chi connectivity index (χ0) is 29.0. The molecule has 40 heavy (non-hydrogen) atoms. The molecule has 1 saturated heterocycles. The first-order valence-electron chi connectivity index (χ1n) is 13.9. The third-order valence-electron chi connectivity index (χ3n) is 8.43. The number of nitrogens with two attached hydrogens (primary N) is 1. The van der Waals surface area contributed by atoms with Gasteiger partial charge >= 0.3 is 0 Å². The molecule has 8 heteroatoms. The second-order valence-electron chi connectivity index (χ2n) is 10.9. The highest BCUT2D eigenvalue weighted by Gasteiger charge is 2.45. The average molecular weight is 541 g/mol. The van der Waals surface area contributed by atoms with Gasteiger partial charge in [-0.05, 0) is 85.0 Å². The van der Waals surface area contributed by atoms with Crippen molar-refractivity contribution in [1.29, 1.82) is 5.26 Å². The minimum atomic E-state index is -1.11. The fourth-order valence-corrected chi connectivity index (χ4v) is 6.26. The van der Waals surface area contributed by atoms with Gasteiger partial charge in [0.25, 0.3) is 5.91 Å². The number of likely N-dealkylation sites (tertiary alicyclic amines) is 1. The van der Waals surface area contributed by atoms with Gasteiger partial charge in [-0.2, -0.15) is 5.26 Å². The van der Waals surface area contributed by atoms with Gasteiger partial charge in [-0.25, -0.2) is 0 Å². The van der Waals surface area contributed by atoms with Crippen LogP contribution in [-0.4, -0.2) is 56.0 Å². The molecule has 5 N–H and O–H groups in total. The van der Waals surface area contributed by atoms with Gasteiger partial charge in [0.15, 0.2) is 0 Å². The number of hydrogen-bond acceptors (Lipinski definition) is 6. The lowest BCUT2D eigenvalue weighted by Crippen LogP contribution is -2.48. The number of carbonyl (C=O) groups excluding carboxylic acids is 2. The molecule has 1 aliphatic carbocycles. The predicted molar refractivity (Wildman–Crippen MR) is 158 cm³/mol. The van der Waals surface area contributed by atoms with Gasteiger partial charge < -0.3 is 26.6 Å². The second-order valence-corrected chi connectivity index (χ2v) is 10.9. The topological polar surface area (TPSA) is 123 Å². The highest BCUT2D eigenvalue weighted by atomic mass is 16.2. The molecular weight excluding hydrogens is 500 g/mol. The maximum absolute atomic E-state index is 13.7. The SMILES string of the molecule is C=C(NC)c1ccc2c(c1)CCc1cc(C(=O)NC)ccc1C2(C[C@@H](C)NCC(=C)N1CCCC1C#N)C(N)=O. The number of fused-ring (bicyclic) bond motifs is 2. The van der Waals surface area contributed by atoms with Gasteiger partial charge in [0.2, 0.25) is 5.91 Å². The maximum atomic E-state index is 13.7. The van der Waals surface area contributed by atoms with Crippen LogP contribution in [0.3, 0.4) is 0 Å². The number of rotatable bonds is 10. The quantitative estimate of drug-likeness (QED) is 0.368. The fraction of sp³-hybridized carbons (Fsp3) is 0.406. The Kier molecular flexibility index (Phi) is 8.65. The lowest BCUT2D eigenvalue weighted by molar-refractivity contribution is -0.122. The van der Waals surface area contributed by atoms with Crippen molar-refractivity contribution in [2.24, 2.45) is 5.73 Å². The monoisotopic (exact) mass is 540 g/mol. The molecule has 0 radical (unpaired) electrons. The number of aryl methyl sites for hydroxylation is 2. The molecule has 1 heterocycles. The van der Waals surface area contributed by atoms with E-state index in [0.29, 0.717) is 31.4 Å². The number of hydrogen-bond donors (Lipinski definition) is 4. The van der Waals surface area contributed by atoms with E-state index >= 15 is 0 Å². The van der Waals surface area contributed by atoms with Gasteiger partial charge in [0.1, 0.15) is 11.5 Å². The lowest BCUT2D eigenvalue weighted by Gasteiger charge is -2.36. The Hall–Kier alpha value is -4.09. The van der Waals surface area contributed by atoms with Crippen molar-refractivity contribution in [2.75, 3.05) is 27.2 Å². The zero-order valence-electron chi connectivity index (χ0n) is 23.8. The molecule has 3 atom stereocenters. The van der Waals surface area contributed by atoms with Crippen LogP contribution in [0.15, 0.2) is 55.3 Å². The van der Waals surface area contributed by atoms with E-state index in [1.807, 2.05) is 38.2 Å². The third-order valence-corrected chi connectivity index (χ3v) is 8.43. The third kappa shape index (κ3) is 5.34. The molecule has 2 aromatic rings. The van der Waals surface area contributed by atoms with Crippen molar-refractivity contribution >= 4 is 17.5 Å². The molecular formula is C32H40N6O2. The van der Waals surface area contributed by atoms with Crippen LogP contribution in [0.5, 0.6) is 0 Å². The molecule has 0 aromatic heterocycles. The molecule has 0 bridgehead atoms. The van der Waals surface area contributed by atoms with Gasteiger partial charge in [0, 0.05) is 50.2 Å². The van der Waals surface area contributed by atoms with Crippen LogP contribution >= 0.6 is 0 Å². The van der Waals surface area contributed by atoms with Gasteiger partial charge in [0.05, 0.1) is 6.07 Å². The number of carbonyl (C=O) groups is 2. The van der Waals surface area contributed by atoms with Crippen molar-refractivity contribution in [1.82, 2.24) is 20.9 Å². The number of nitrogens with one attached hydrogen (secondary N) is 3. The zero-order valence-corrected chi connectivity index (χ0v) is 23.8. The number of nitrogens with zero attached hydrogens (tertiary/aromatic N) is 2. The smallest absolute Gasteiger partial charge is 0.251 e. The highest BCUT2D eigenvalue weighted by Crippen LogP contribution is 2.44. The van der Waals surface area contributed by atoms with Crippen molar-refractivity contribution in [2.45, 2.75) is 56.5 Å². The summed E-state index contributed by atoms with van der Waals surface area (Å²) in [6, 6.07) is 13.7. The summed E-state index contributed by atoms with van der Waals surface area (Å²) in [4.78, 5) is 28.2. The predicted octanol–water partition coefficient (Wildman–Crippen LogP) is 2.98. The number of nitriles is 1. The molecule has 0 saturated carbocycles. The normalized spacial score (nSPS) is 20.4. The number of primary amides is 1. The van der Waals surface area contributed by atoms with E-state index < -0.39 is 11.3 Å². The summed E-state index contributed by atoms with van der Waals surface area (Å²) < 4.78 is 0. The van der Waals surface area contributed by atoms with Crippen molar-refractivity contribution in [3.63, 3.8) is 0 Å². The van der Waals surface area contributed by atoms with Crippen LogP contribution in [0, 0.1) is 11.3 Å². The minimum absolute atomic E-state index is 0.114. The van der Waals surface area contributed by atoms with E-state index in [2.05, 4.69) is 46.1 Å². The molecule has 4 rings (SSSR count). The summed E-state index contributed by atoms with van der Waals surface area (Å²) in [5.74, 6) is -0.602. The molecule has 8 nitrogen and oxygen atoms in total. The minimum Gasteiger partial charge on any atom is -0.388 e. The van der Waals surface area contributed by atoms with Gasteiger partial charge in [-0.1, -0.05) is 31.4 Å². The highest BCUT2D eigenvalue weighted by molar-refractivity contribution is 5.96. The summed E-state index contributed by atoms with van der Waals surface area (Å²) >= 11 is 0. The molecule has 0 spiro atoms. The Morgan fingerprint density at radius 1 is 1.10 bits per heavy atom. The summed E-state index contributed by atoms with van der Waals surface area (Å²) in [5.41, 5.74) is 12.1. The standard InChI is InChI=1S/C32H40N6O2/c1-20(37-19-21(2)38-14-6-7-27(38)18-33)17-32(31(34)40)28-12-10-23(22(3)35-4)15-24(28)8-9-25-16-26(30(39)36-5)11-13-29(25)32/h10-13,15-16,20,27,35,37H,2-3,6-9,14,17,19H2,1,4-5H3,(H2,34,40)(H,36,39)/t20-,27?,32?/m1/s1. The summed E-state index contributed by atoms with van der Waals surface area (Å²) in [6.45, 7) is 11.7. The van der Waals surface area contributed by atoms with Crippen molar-refractivity contribution < 1.29 is 9.59 Å². The van der Waals surface area contributed by atoms with E-state index in [9.17, 15) is 14.9 Å². The molecule has 2 aromatic carbocycles. The van der Waals surface area contributed by atoms with Gasteiger partial charge in [-0.15, -0.1) is 0 Å². The largest absolute Gasteiger partial charge is 0.388 e. The molecule has 2 aliphatic rings. The van der Waals surface area contributed by atoms with E-state index in [0.717, 1.165) is 58.6 Å². The Morgan fingerprint density at radius 2 is 1.73 bits per heavy atom. The summed E-state index contributed by atoms with van der Waals surface area (Å²) in [5, 5.41) is 18.8. The van der Waals surface area contributed by atoms with E-state index in [-0.39, 0.29) is 18.0 Å². The first kappa shape index (κ1) is 28.9. The Morgan fingerprint density at radius 3 is 2.30 bits per heavy atom. The first-order valence-corrected chi connectivity index (χ1v) is 13.9. The lowest BCUT2D eigenvalue weighted by atomic mass is 9.68. The van der Waals surface area contributed by atoms with E-state index in [4.69, 9.17) is 5.73 Å². The average Bonchev–Trinajstić information content (AvgIpc) is 3.40. The Labute approximate surface area is 237 Å². The molecule has 1 aliphatic heterocycles. The Bertz CT molecular complexity index is 1310. The fourth-order valence-electron chi connectivity index (χ4n) is 6.26. The summed E-state index contributed by atoms with van der Waals surface area (Å²) in [6.07, 6.45) is 3.61. The van der Waals surface area contributed by atoms with Crippen LogP contribution in [0.2, 0.25) is 0 Å².